The molecule has 0 aliphatic heterocycles. The molecule has 132 valence electrons. The van der Waals surface area contributed by atoms with E-state index >= 15 is 0 Å². The molecule has 24 heavy (non-hydrogen) atoms. The van der Waals surface area contributed by atoms with Crippen molar-refractivity contribution < 1.29 is 9.90 Å². The summed E-state index contributed by atoms with van der Waals surface area (Å²) in [7, 11) is 0. The molecule has 5 heteroatoms. The van der Waals surface area contributed by atoms with Crippen LogP contribution in [-0.2, 0) is 11.2 Å². The molecular formula is C19H29N3O2. The van der Waals surface area contributed by atoms with Crippen molar-refractivity contribution in [3.63, 3.8) is 0 Å². The maximum Gasteiger partial charge on any atom is 0.220 e. The zero-order chi connectivity index (χ0) is 17.9. The number of aliphatic hydroxyl groups excluding tert-OH is 1. The minimum Gasteiger partial charge on any atom is -0.392 e. The summed E-state index contributed by atoms with van der Waals surface area (Å²) in [5, 5.41) is 13.1. The number of nitrogens with one attached hydrogen (secondary N) is 2. The molecule has 1 aromatic carbocycles. The first kappa shape index (κ1) is 18.5. The third-order valence-corrected chi connectivity index (χ3v) is 4.53. The van der Waals surface area contributed by atoms with E-state index in [1.807, 2.05) is 52.8 Å². The fraction of sp³-hybridized carbons (Fsp3) is 0.579. The van der Waals surface area contributed by atoms with Crippen molar-refractivity contribution in [2.75, 3.05) is 6.54 Å². The molecule has 0 bridgehead atoms. The van der Waals surface area contributed by atoms with Crippen LogP contribution in [0.15, 0.2) is 18.2 Å². The van der Waals surface area contributed by atoms with Gasteiger partial charge in [-0.15, -0.1) is 0 Å². The number of carbonyl (C=O) groups is 1. The lowest BCUT2D eigenvalue weighted by molar-refractivity contribution is -0.122. The van der Waals surface area contributed by atoms with Gasteiger partial charge in [0.2, 0.25) is 5.91 Å². The molecule has 0 fully saturated rings. The van der Waals surface area contributed by atoms with Gasteiger partial charge in [-0.25, -0.2) is 4.98 Å². The summed E-state index contributed by atoms with van der Waals surface area (Å²) in [6.45, 7) is 10.4. The average Bonchev–Trinajstić information content (AvgIpc) is 2.94. The largest absolute Gasteiger partial charge is 0.392 e. The second-order valence-corrected chi connectivity index (χ2v) is 7.61. The zero-order valence-corrected chi connectivity index (χ0v) is 15.3. The Balaban J connectivity index is 1.87. The van der Waals surface area contributed by atoms with Crippen LogP contribution in [0.3, 0.4) is 0 Å². The van der Waals surface area contributed by atoms with E-state index in [9.17, 15) is 9.90 Å². The second kappa shape index (κ2) is 7.34. The standard InChI is InChI=1S/C19H29N3O2/c1-12(2)18(24)19(4,5)11-20-16(23)10-9-15-21-14-8-6-7-13(3)17(14)22-15/h6-8,12,18,24H,9-11H2,1-5H3,(H,20,23)(H,21,22). The quantitative estimate of drug-likeness (QED) is 0.730. The van der Waals surface area contributed by atoms with Crippen LogP contribution in [0.4, 0.5) is 0 Å². The Morgan fingerprint density at radius 3 is 2.71 bits per heavy atom. The molecule has 5 nitrogen and oxygen atoms in total. The van der Waals surface area contributed by atoms with Crippen LogP contribution in [-0.4, -0.2) is 33.6 Å². The van der Waals surface area contributed by atoms with Gasteiger partial charge in [-0.1, -0.05) is 39.8 Å². The van der Waals surface area contributed by atoms with E-state index in [2.05, 4.69) is 15.3 Å². The number of carbonyl (C=O) groups excluding carboxylic acids is 1. The first-order valence-electron chi connectivity index (χ1n) is 8.59. The number of rotatable bonds is 7. The summed E-state index contributed by atoms with van der Waals surface area (Å²) < 4.78 is 0. The van der Waals surface area contributed by atoms with Crippen LogP contribution >= 0.6 is 0 Å². The lowest BCUT2D eigenvalue weighted by Crippen LogP contribution is -2.43. The van der Waals surface area contributed by atoms with Gasteiger partial charge in [0, 0.05) is 24.8 Å². The van der Waals surface area contributed by atoms with E-state index in [0.29, 0.717) is 19.4 Å². The number of benzene rings is 1. The molecule has 2 rings (SSSR count). The van der Waals surface area contributed by atoms with Gasteiger partial charge in [0.05, 0.1) is 17.1 Å². The maximum atomic E-state index is 12.1. The molecule has 0 aliphatic carbocycles. The van der Waals surface area contributed by atoms with Crippen LogP contribution in [0.25, 0.3) is 11.0 Å². The van der Waals surface area contributed by atoms with Crippen LogP contribution in [0, 0.1) is 18.3 Å². The number of aromatic nitrogens is 2. The number of aryl methyl sites for hydroxylation is 2. The van der Waals surface area contributed by atoms with Gasteiger partial charge in [-0.3, -0.25) is 4.79 Å². The van der Waals surface area contributed by atoms with E-state index < -0.39 is 6.10 Å². The molecule has 0 saturated carbocycles. The molecule has 0 spiro atoms. The molecule has 1 heterocycles. The molecule has 2 aromatic rings. The average molecular weight is 331 g/mol. The van der Waals surface area contributed by atoms with E-state index in [-0.39, 0.29) is 17.2 Å². The number of amides is 1. The summed E-state index contributed by atoms with van der Waals surface area (Å²) in [6, 6.07) is 6.02. The predicted molar refractivity (Wildman–Crippen MR) is 96.8 cm³/mol. The third kappa shape index (κ3) is 4.35. The van der Waals surface area contributed by atoms with Crippen LogP contribution in [0.2, 0.25) is 0 Å². The Hall–Kier alpha value is -1.88. The summed E-state index contributed by atoms with van der Waals surface area (Å²) in [5.74, 6) is 0.975. The minimum absolute atomic E-state index is 0.0174. The molecule has 1 aromatic heterocycles. The Kier molecular flexibility index (Phi) is 5.65. The fourth-order valence-electron chi connectivity index (χ4n) is 3.00. The van der Waals surface area contributed by atoms with Crippen molar-refractivity contribution in [2.24, 2.45) is 11.3 Å². The van der Waals surface area contributed by atoms with Crippen molar-refractivity contribution in [1.29, 1.82) is 0 Å². The summed E-state index contributed by atoms with van der Waals surface area (Å²) in [4.78, 5) is 19.9. The van der Waals surface area contributed by atoms with Gasteiger partial charge < -0.3 is 15.4 Å². The Labute approximate surface area is 143 Å². The van der Waals surface area contributed by atoms with E-state index in [1.165, 1.54) is 0 Å². The number of para-hydroxylation sites is 1. The Morgan fingerprint density at radius 1 is 1.38 bits per heavy atom. The van der Waals surface area contributed by atoms with Gasteiger partial charge in [0.1, 0.15) is 5.82 Å². The van der Waals surface area contributed by atoms with Crippen molar-refractivity contribution in [2.45, 2.75) is 53.6 Å². The predicted octanol–water partition coefficient (Wildman–Crippen LogP) is 2.96. The maximum absolute atomic E-state index is 12.1. The van der Waals surface area contributed by atoms with Gasteiger partial charge in [0.15, 0.2) is 0 Å². The topological polar surface area (TPSA) is 78.0 Å². The number of fused-ring (bicyclic) bond motifs is 1. The highest BCUT2D eigenvalue weighted by Crippen LogP contribution is 2.25. The van der Waals surface area contributed by atoms with E-state index in [4.69, 9.17) is 0 Å². The highest BCUT2D eigenvalue weighted by molar-refractivity contribution is 5.79. The molecule has 1 unspecified atom stereocenters. The lowest BCUT2D eigenvalue weighted by Gasteiger charge is -2.33. The second-order valence-electron chi connectivity index (χ2n) is 7.61. The number of aromatic amines is 1. The van der Waals surface area contributed by atoms with Crippen LogP contribution < -0.4 is 5.32 Å². The molecule has 1 atom stereocenters. The molecule has 0 saturated heterocycles. The smallest absolute Gasteiger partial charge is 0.220 e. The Bertz CT molecular complexity index is 704. The first-order valence-corrected chi connectivity index (χ1v) is 8.59. The highest BCUT2D eigenvalue weighted by atomic mass is 16.3. The van der Waals surface area contributed by atoms with Gasteiger partial charge in [-0.05, 0) is 24.5 Å². The third-order valence-electron chi connectivity index (χ3n) is 4.53. The summed E-state index contributed by atoms with van der Waals surface area (Å²) >= 11 is 0. The van der Waals surface area contributed by atoms with Crippen molar-refractivity contribution in [1.82, 2.24) is 15.3 Å². The van der Waals surface area contributed by atoms with E-state index in [0.717, 1.165) is 22.4 Å². The molecule has 1 amide bonds. The number of imidazole rings is 1. The minimum atomic E-state index is -0.448. The van der Waals surface area contributed by atoms with Crippen LogP contribution in [0.1, 0.15) is 45.5 Å². The number of nitrogens with zero attached hydrogens (tertiary/aromatic N) is 1. The lowest BCUT2D eigenvalue weighted by atomic mass is 9.80. The van der Waals surface area contributed by atoms with Crippen molar-refractivity contribution in [3.8, 4) is 0 Å². The number of aliphatic hydroxyl groups is 1. The summed E-state index contributed by atoms with van der Waals surface area (Å²) in [6.07, 6.45) is 0.510. The van der Waals surface area contributed by atoms with Gasteiger partial charge in [-0.2, -0.15) is 0 Å². The molecule has 3 N–H and O–H groups in total. The summed E-state index contributed by atoms with van der Waals surface area (Å²) in [5.41, 5.74) is 2.75. The SMILES string of the molecule is Cc1cccc2[nH]c(CCC(=O)NCC(C)(C)C(O)C(C)C)nc12. The van der Waals surface area contributed by atoms with Crippen molar-refractivity contribution in [3.05, 3.63) is 29.6 Å². The van der Waals surface area contributed by atoms with Gasteiger partial charge >= 0.3 is 0 Å². The van der Waals surface area contributed by atoms with Crippen molar-refractivity contribution >= 4 is 16.9 Å². The molecular weight excluding hydrogens is 302 g/mol. The first-order chi connectivity index (χ1) is 11.2. The number of hydrogen-bond acceptors (Lipinski definition) is 3. The highest BCUT2D eigenvalue weighted by Gasteiger charge is 2.30. The normalized spacial score (nSPS) is 13.5. The number of hydrogen-bond donors (Lipinski definition) is 3. The molecule has 0 aliphatic rings. The molecule has 0 radical (unpaired) electrons. The van der Waals surface area contributed by atoms with Crippen LogP contribution in [0.5, 0.6) is 0 Å². The Morgan fingerprint density at radius 2 is 2.08 bits per heavy atom. The fourth-order valence-corrected chi connectivity index (χ4v) is 3.00. The zero-order valence-electron chi connectivity index (χ0n) is 15.3. The monoisotopic (exact) mass is 331 g/mol. The van der Waals surface area contributed by atoms with E-state index in [1.54, 1.807) is 0 Å². The number of H-pyrrole nitrogens is 1. The van der Waals surface area contributed by atoms with Gasteiger partial charge in [0.25, 0.3) is 0 Å².